The third kappa shape index (κ3) is 4.15. The van der Waals surface area contributed by atoms with Gasteiger partial charge in [0.2, 0.25) is 5.91 Å². The minimum Gasteiger partial charge on any atom is -0.303 e. The molecule has 0 unspecified atom stereocenters. The summed E-state index contributed by atoms with van der Waals surface area (Å²) in [6.07, 6.45) is 0.258. The van der Waals surface area contributed by atoms with Gasteiger partial charge in [0.25, 0.3) is 5.69 Å². The monoisotopic (exact) mass is 368 g/mol. The standard InChI is InChI=1S/C18H16N4O3S/c1-12(13-7-3-2-4-8-13)20-21-18-19-17(23)16(26-18)11-14-9-5-6-10-15(14)22(24)25/h2-10,16H,11H2,1H3,(H,19,21,23)/b20-12+/t16-/m1/s1. The number of rotatable bonds is 5. The Balaban J connectivity index is 1.72. The second kappa shape index (κ2) is 7.92. The normalized spacial score (nSPS) is 18.8. The number of thioether (sulfide) groups is 1. The van der Waals surface area contributed by atoms with Gasteiger partial charge >= 0.3 is 0 Å². The van der Waals surface area contributed by atoms with Crippen molar-refractivity contribution in [3.8, 4) is 0 Å². The van der Waals surface area contributed by atoms with Crippen molar-refractivity contribution < 1.29 is 9.72 Å². The number of carbonyl (C=O) groups is 1. The van der Waals surface area contributed by atoms with E-state index >= 15 is 0 Å². The number of nitro benzene ring substituents is 1. The van der Waals surface area contributed by atoms with Crippen LogP contribution >= 0.6 is 11.8 Å². The average Bonchev–Trinajstić information content (AvgIpc) is 3.00. The fourth-order valence-corrected chi connectivity index (χ4v) is 3.45. The maximum absolute atomic E-state index is 12.2. The molecule has 1 amide bonds. The summed E-state index contributed by atoms with van der Waals surface area (Å²) in [5.41, 5.74) is 2.22. The van der Waals surface area contributed by atoms with Gasteiger partial charge in [-0.25, -0.2) is 0 Å². The summed E-state index contributed by atoms with van der Waals surface area (Å²) in [5, 5.41) is 22.0. The van der Waals surface area contributed by atoms with E-state index in [-0.39, 0.29) is 18.0 Å². The summed E-state index contributed by atoms with van der Waals surface area (Å²) >= 11 is 1.23. The van der Waals surface area contributed by atoms with Crippen LogP contribution < -0.4 is 5.32 Å². The molecule has 3 rings (SSSR count). The topological polar surface area (TPSA) is 97.0 Å². The number of para-hydroxylation sites is 1. The molecule has 26 heavy (non-hydrogen) atoms. The molecule has 1 fully saturated rings. The molecule has 2 aromatic rings. The Hall–Kier alpha value is -3.00. The number of nitrogens with one attached hydrogen (secondary N) is 1. The highest BCUT2D eigenvalue weighted by Gasteiger charge is 2.32. The van der Waals surface area contributed by atoms with E-state index < -0.39 is 10.2 Å². The first-order valence-electron chi connectivity index (χ1n) is 7.92. The van der Waals surface area contributed by atoms with Gasteiger partial charge in [0.05, 0.1) is 15.9 Å². The molecule has 7 nitrogen and oxygen atoms in total. The van der Waals surface area contributed by atoms with E-state index in [4.69, 9.17) is 0 Å². The Bertz CT molecular complexity index is 896. The van der Waals surface area contributed by atoms with Crippen molar-refractivity contribution in [3.05, 3.63) is 75.8 Å². The van der Waals surface area contributed by atoms with Crippen LogP contribution in [0.25, 0.3) is 0 Å². The number of nitro groups is 1. The fourth-order valence-electron chi connectivity index (χ4n) is 2.51. The molecule has 0 spiro atoms. The Kier molecular flexibility index (Phi) is 5.43. The smallest absolute Gasteiger partial charge is 0.272 e. The molecule has 1 saturated heterocycles. The third-order valence-electron chi connectivity index (χ3n) is 3.85. The molecule has 8 heteroatoms. The molecule has 0 aliphatic carbocycles. The van der Waals surface area contributed by atoms with E-state index in [1.807, 2.05) is 37.3 Å². The van der Waals surface area contributed by atoms with Crippen molar-refractivity contribution in [2.45, 2.75) is 18.6 Å². The zero-order valence-electron chi connectivity index (χ0n) is 14.0. The molecular formula is C18H16N4O3S. The molecule has 1 aliphatic rings. The number of hydrogen-bond acceptors (Lipinski definition) is 6. The quantitative estimate of drug-likeness (QED) is 0.498. The van der Waals surface area contributed by atoms with Crippen molar-refractivity contribution in [3.63, 3.8) is 0 Å². The average molecular weight is 368 g/mol. The van der Waals surface area contributed by atoms with E-state index in [2.05, 4.69) is 15.5 Å². The van der Waals surface area contributed by atoms with Crippen molar-refractivity contribution >= 4 is 34.2 Å². The minimum absolute atomic E-state index is 0.0178. The lowest BCUT2D eigenvalue weighted by Crippen LogP contribution is -2.26. The Morgan fingerprint density at radius 2 is 1.88 bits per heavy atom. The van der Waals surface area contributed by atoms with Crippen LogP contribution in [0.5, 0.6) is 0 Å². The van der Waals surface area contributed by atoms with E-state index in [9.17, 15) is 14.9 Å². The minimum atomic E-state index is -0.470. The van der Waals surface area contributed by atoms with Crippen LogP contribution in [-0.4, -0.2) is 27.0 Å². The van der Waals surface area contributed by atoms with Gasteiger partial charge in [0.1, 0.15) is 0 Å². The predicted molar refractivity (Wildman–Crippen MR) is 102 cm³/mol. The molecule has 132 valence electrons. The molecule has 0 aromatic heterocycles. The first-order valence-corrected chi connectivity index (χ1v) is 8.80. The van der Waals surface area contributed by atoms with Gasteiger partial charge in [-0.15, -0.1) is 5.10 Å². The van der Waals surface area contributed by atoms with E-state index in [0.717, 1.165) is 11.3 Å². The predicted octanol–water partition coefficient (Wildman–Crippen LogP) is 3.15. The highest BCUT2D eigenvalue weighted by Crippen LogP contribution is 2.27. The van der Waals surface area contributed by atoms with Crippen molar-refractivity contribution in [2.75, 3.05) is 0 Å². The van der Waals surface area contributed by atoms with Crippen LogP contribution in [0.1, 0.15) is 18.1 Å². The van der Waals surface area contributed by atoms with Crippen LogP contribution in [0.3, 0.4) is 0 Å². The third-order valence-corrected chi connectivity index (χ3v) is 4.92. The van der Waals surface area contributed by atoms with Crippen LogP contribution in [0, 0.1) is 10.1 Å². The summed E-state index contributed by atoms with van der Waals surface area (Å²) in [6, 6.07) is 16.0. The fraction of sp³-hybridized carbons (Fsp3) is 0.167. The second-order valence-corrected chi connectivity index (χ2v) is 6.83. The Morgan fingerprint density at radius 3 is 2.62 bits per heavy atom. The summed E-state index contributed by atoms with van der Waals surface area (Å²) in [5.74, 6) is -0.223. The van der Waals surface area contributed by atoms with Gasteiger partial charge in [-0.05, 0) is 12.5 Å². The van der Waals surface area contributed by atoms with Gasteiger partial charge < -0.3 is 5.32 Å². The molecular weight excluding hydrogens is 352 g/mol. The zero-order chi connectivity index (χ0) is 18.5. The maximum Gasteiger partial charge on any atom is 0.272 e. The second-order valence-electron chi connectivity index (χ2n) is 5.64. The molecule has 1 aliphatic heterocycles. The number of nitrogens with zero attached hydrogens (tertiary/aromatic N) is 3. The van der Waals surface area contributed by atoms with Gasteiger partial charge in [-0.2, -0.15) is 5.10 Å². The molecule has 1 atom stereocenters. The lowest BCUT2D eigenvalue weighted by molar-refractivity contribution is -0.385. The first-order chi connectivity index (χ1) is 12.5. The molecule has 1 N–H and O–H groups in total. The first kappa shape index (κ1) is 17.8. The maximum atomic E-state index is 12.2. The Morgan fingerprint density at radius 1 is 1.19 bits per heavy atom. The number of benzene rings is 2. The summed E-state index contributed by atoms with van der Waals surface area (Å²) < 4.78 is 0. The molecule has 2 aromatic carbocycles. The lowest BCUT2D eigenvalue weighted by atomic mass is 10.1. The largest absolute Gasteiger partial charge is 0.303 e. The zero-order valence-corrected chi connectivity index (χ0v) is 14.8. The number of amides is 1. The van der Waals surface area contributed by atoms with Crippen molar-refractivity contribution in [1.29, 1.82) is 0 Å². The van der Waals surface area contributed by atoms with E-state index in [1.54, 1.807) is 18.2 Å². The summed E-state index contributed by atoms with van der Waals surface area (Å²) in [7, 11) is 0. The number of amidine groups is 1. The summed E-state index contributed by atoms with van der Waals surface area (Å²) in [4.78, 5) is 22.8. The molecule has 0 radical (unpaired) electrons. The van der Waals surface area contributed by atoms with Crippen LogP contribution in [0.15, 0.2) is 64.8 Å². The van der Waals surface area contributed by atoms with E-state index in [0.29, 0.717) is 10.7 Å². The number of carbonyl (C=O) groups excluding carboxylic acids is 1. The Labute approximate surface area is 154 Å². The highest BCUT2D eigenvalue weighted by molar-refractivity contribution is 8.15. The van der Waals surface area contributed by atoms with Crippen LogP contribution in [0.4, 0.5) is 5.69 Å². The van der Waals surface area contributed by atoms with E-state index in [1.165, 1.54) is 17.8 Å². The van der Waals surface area contributed by atoms with Crippen molar-refractivity contribution in [2.24, 2.45) is 10.2 Å². The van der Waals surface area contributed by atoms with Gasteiger partial charge in [0, 0.05) is 18.1 Å². The van der Waals surface area contributed by atoms with Gasteiger partial charge in [-0.3, -0.25) is 14.9 Å². The van der Waals surface area contributed by atoms with Crippen LogP contribution in [-0.2, 0) is 11.2 Å². The lowest BCUT2D eigenvalue weighted by Gasteiger charge is -2.05. The van der Waals surface area contributed by atoms with Gasteiger partial charge in [0.15, 0.2) is 5.17 Å². The number of hydrogen-bond donors (Lipinski definition) is 1. The van der Waals surface area contributed by atoms with Crippen molar-refractivity contribution in [1.82, 2.24) is 5.32 Å². The van der Waals surface area contributed by atoms with Crippen LogP contribution in [0.2, 0.25) is 0 Å². The molecule has 0 saturated carbocycles. The summed E-state index contributed by atoms with van der Waals surface area (Å²) in [6.45, 7) is 1.84. The highest BCUT2D eigenvalue weighted by atomic mass is 32.2. The molecule has 1 heterocycles. The SMILES string of the molecule is C/C(=N\N=C1/NC(=O)[C@@H](Cc2ccccc2[N+](=O)[O-])S1)c1ccccc1. The van der Waals surface area contributed by atoms with Gasteiger partial charge in [-0.1, -0.05) is 60.3 Å². The molecule has 0 bridgehead atoms.